The molecule has 3 heterocycles. The van der Waals surface area contributed by atoms with Gasteiger partial charge in [-0.25, -0.2) is 14.8 Å². The number of nitro groups is 1. The minimum Gasteiger partial charge on any atom is -0.497 e. The van der Waals surface area contributed by atoms with Crippen molar-refractivity contribution in [1.29, 1.82) is 0 Å². The zero-order valence-electron chi connectivity index (χ0n) is 27.8. The SMILES string of the molecule is CCOC(=O)C1=C(c2ccccc2)N=c2s/c(=C/c3ccc(Sc4n[nH]c(-c5ccc(Cl)cc5Cl)n4)c([N+](=O)[O-])c3)c(=O)n2[C@@H]1c1ccc(OC)cc1. The van der Waals surface area contributed by atoms with Crippen LogP contribution in [0.15, 0.2) is 116 Å². The maximum atomic E-state index is 14.3. The molecule has 16 heteroatoms. The number of nitrogens with one attached hydrogen (secondary N) is 1. The number of fused-ring (bicyclic) bond motifs is 1. The van der Waals surface area contributed by atoms with Crippen LogP contribution in [0.1, 0.15) is 29.7 Å². The van der Waals surface area contributed by atoms with Crippen molar-refractivity contribution in [2.24, 2.45) is 4.99 Å². The molecular formula is C37H26Cl2N6O6S2. The van der Waals surface area contributed by atoms with Gasteiger partial charge in [0, 0.05) is 22.2 Å². The Morgan fingerprint density at radius 2 is 1.85 bits per heavy atom. The number of carbonyl (C=O) groups excluding carboxylic acids is 1. The van der Waals surface area contributed by atoms with Gasteiger partial charge in [-0.2, -0.15) is 0 Å². The van der Waals surface area contributed by atoms with E-state index in [1.165, 1.54) is 10.6 Å². The molecule has 12 nitrogen and oxygen atoms in total. The van der Waals surface area contributed by atoms with E-state index in [0.717, 1.165) is 23.1 Å². The third kappa shape index (κ3) is 7.26. The van der Waals surface area contributed by atoms with Crippen LogP contribution in [0.25, 0.3) is 23.2 Å². The van der Waals surface area contributed by atoms with Crippen LogP contribution in [-0.2, 0) is 9.53 Å². The third-order valence-corrected chi connectivity index (χ3v) is 10.6. The van der Waals surface area contributed by atoms with Gasteiger partial charge in [0.2, 0.25) is 5.16 Å². The number of benzene rings is 4. The summed E-state index contributed by atoms with van der Waals surface area (Å²) in [5.41, 5.74) is 2.22. The molecule has 1 N–H and O–H groups in total. The standard InChI is InChI=1S/C37H26Cl2N6O6S2/c1-3-51-35(47)30-31(21-7-5-4-6-8-21)40-37-44(32(30)22-10-13-24(50-2)14-11-22)34(46)29(53-37)18-20-9-16-28(27(17-20)45(48)49)52-36-41-33(42-43-36)25-15-12-23(38)19-26(25)39/h4-19,32H,3H2,1-2H3,(H,41,42,43)/b29-18+/t32-/m1/s1. The summed E-state index contributed by atoms with van der Waals surface area (Å²) in [6.07, 6.45) is 1.57. The second-order valence-electron chi connectivity index (χ2n) is 11.4. The van der Waals surface area contributed by atoms with Gasteiger partial charge in [0.25, 0.3) is 11.2 Å². The number of esters is 1. The largest absolute Gasteiger partial charge is 0.497 e. The second kappa shape index (κ2) is 15.2. The minimum atomic E-state index is -0.893. The fourth-order valence-electron chi connectivity index (χ4n) is 5.74. The average Bonchev–Trinajstić information content (AvgIpc) is 3.75. The summed E-state index contributed by atoms with van der Waals surface area (Å²) in [5, 5.41) is 20.4. The van der Waals surface area contributed by atoms with Gasteiger partial charge >= 0.3 is 5.97 Å². The Balaban J connectivity index is 1.31. The van der Waals surface area contributed by atoms with Gasteiger partial charge in [-0.05, 0) is 72.3 Å². The average molecular weight is 786 g/mol. The zero-order chi connectivity index (χ0) is 37.2. The highest BCUT2D eigenvalue weighted by atomic mass is 35.5. The van der Waals surface area contributed by atoms with E-state index in [9.17, 15) is 19.7 Å². The first kappa shape index (κ1) is 35.8. The monoisotopic (exact) mass is 784 g/mol. The van der Waals surface area contributed by atoms with Crippen molar-refractivity contribution in [3.05, 3.63) is 153 Å². The molecule has 1 aliphatic rings. The predicted molar refractivity (Wildman–Crippen MR) is 203 cm³/mol. The lowest BCUT2D eigenvalue weighted by Gasteiger charge is -2.26. The normalized spacial score (nSPS) is 14.1. The van der Waals surface area contributed by atoms with Gasteiger partial charge in [0.15, 0.2) is 10.6 Å². The number of thiazole rings is 1. The van der Waals surface area contributed by atoms with Gasteiger partial charge in [-0.15, -0.1) is 5.10 Å². The molecule has 0 saturated carbocycles. The molecule has 0 unspecified atom stereocenters. The first-order valence-electron chi connectivity index (χ1n) is 15.9. The molecule has 0 spiro atoms. The Hall–Kier alpha value is -5.54. The summed E-state index contributed by atoms with van der Waals surface area (Å²) < 4.78 is 12.6. The van der Waals surface area contributed by atoms with Crippen molar-refractivity contribution < 1.29 is 19.2 Å². The number of aromatic nitrogens is 4. The van der Waals surface area contributed by atoms with Gasteiger partial charge in [0.1, 0.15) is 5.75 Å². The lowest BCUT2D eigenvalue weighted by molar-refractivity contribution is -0.387. The van der Waals surface area contributed by atoms with Crippen LogP contribution in [-0.4, -0.2) is 44.4 Å². The van der Waals surface area contributed by atoms with E-state index in [2.05, 4.69) is 15.2 Å². The van der Waals surface area contributed by atoms with Crippen molar-refractivity contribution >= 4 is 69.7 Å². The van der Waals surface area contributed by atoms with Crippen LogP contribution in [0.2, 0.25) is 10.0 Å². The van der Waals surface area contributed by atoms with E-state index < -0.39 is 22.5 Å². The molecule has 0 fully saturated rings. The quantitative estimate of drug-likeness (QED) is 0.0871. The molecule has 1 aliphatic heterocycles. The molecule has 0 amide bonds. The van der Waals surface area contributed by atoms with E-state index in [-0.39, 0.29) is 32.5 Å². The maximum Gasteiger partial charge on any atom is 0.338 e. The van der Waals surface area contributed by atoms with Gasteiger partial charge in [-0.1, -0.05) is 83.1 Å². The summed E-state index contributed by atoms with van der Waals surface area (Å²) >= 11 is 14.4. The Labute approximate surface area is 319 Å². The van der Waals surface area contributed by atoms with Crippen LogP contribution in [0.3, 0.4) is 0 Å². The lowest BCUT2D eigenvalue weighted by Crippen LogP contribution is -2.40. The number of halogens is 2. The van der Waals surface area contributed by atoms with Crippen molar-refractivity contribution in [1.82, 2.24) is 19.7 Å². The molecule has 0 aliphatic carbocycles. The zero-order valence-corrected chi connectivity index (χ0v) is 30.9. The Kier molecular flexibility index (Phi) is 10.3. The fourth-order valence-corrected chi connectivity index (χ4v) is 8.04. The summed E-state index contributed by atoms with van der Waals surface area (Å²) in [6, 6.07) is 24.9. The summed E-state index contributed by atoms with van der Waals surface area (Å²) in [7, 11) is 1.55. The molecule has 4 aromatic carbocycles. The van der Waals surface area contributed by atoms with Crippen molar-refractivity contribution in [3.8, 4) is 17.1 Å². The molecule has 53 heavy (non-hydrogen) atoms. The highest BCUT2D eigenvalue weighted by molar-refractivity contribution is 7.99. The lowest BCUT2D eigenvalue weighted by atomic mass is 9.93. The van der Waals surface area contributed by atoms with E-state index >= 15 is 0 Å². The maximum absolute atomic E-state index is 14.3. The molecule has 0 radical (unpaired) electrons. The molecular weight excluding hydrogens is 759 g/mol. The third-order valence-electron chi connectivity index (χ3n) is 8.14. The second-order valence-corrected chi connectivity index (χ2v) is 14.2. The summed E-state index contributed by atoms with van der Waals surface area (Å²) in [4.78, 5) is 49.7. The van der Waals surface area contributed by atoms with E-state index in [4.69, 9.17) is 37.7 Å². The highest BCUT2D eigenvalue weighted by Crippen LogP contribution is 2.37. The molecule has 7 rings (SSSR count). The fraction of sp³-hybridized carbons (Fsp3) is 0.108. The number of hydrogen-bond donors (Lipinski definition) is 1. The van der Waals surface area contributed by atoms with Crippen molar-refractivity contribution in [2.75, 3.05) is 13.7 Å². The topological polar surface area (TPSA) is 155 Å². The molecule has 6 aromatic rings. The van der Waals surface area contributed by atoms with Crippen LogP contribution < -0.4 is 19.6 Å². The number of nitro benzene ring substituents is 1. The number of aromatic amines is 1. The highest BCUT2D eigenvalue weighted by Gasteiger charge is 2.35. The number of nitrogens with zero attached hydrogens (tertiary/aromatic N) is 5. The van der Waals surface area contributed by atoms with Crippen LogP contribution in [0, 0.1) is 10.1 Å². The number of ether oxygens (including phenoxy) is 2. The van der Waals surface area contributed by atoms with E-state index in [0.29, 0.717) is 54.4 Å². The van der Waals surface area contributed by atoms with E-state index in [1.807, 2.05) is 30.3 Å². The van der Waals surface area contributed by atoms with Gasteiger partial charge in [-0.3, -0.25) is 24.6 Å². The molecule has 2 aromatic heterocycles. The summed E-state index contributed by atoms with van der Waals surface area (Å²) in [5.74, 6) is 0.366. The smallest absolute Gasteiger partial charge is 0.338 e. The first-order chi connectivity index (χ1) is 25.6. The van der Waals surface area contributed by atoms with Gasteiger partial charge in [0.05, 0.1) is 50.4 Å². The van der Waals surface area contributed by atoms with Crippen LogP contribution in [0.5, 0.6) is 5.75 Å². The Morgan fingerprint density at radius 3 is 2.55 bits per heavy atom. The Morgan fingerprint density at radius 1 is 1.08 bits per heavy atom. The van der Waals surface area contributed by atoms with Crippen LogP contribution >= 0.6 is 46.3 Å². The number of methoxy groups -OCH3 is 1. The Bertz CT molecular complexity index is 2600. The number of hydrogen-bond acceptors (Lipinski definition) is 11. The van der Waals surface area contributed by atoms with Crippen molar-refractivity contribution in [3.63, 3.8) is 0 Å². The number of H-pyrrole nitrogens is 1. The van der Waals surface area contributed by atoms with Crippen LogP contribution in [0.4, 0.5) is 5.69 Å². The molecule has 0 bridgehead atoms. The predicted octanol–water partition coefficient (Wildman–Crippen LogP) is 7.10. The van der Waals surface area contributed by atoms with Gasteiger partial charge < -0.3 is 9.47 Å². The first-order valence-corrected chi connectivity index (χ1v) is 18.3. The number of rotatable bonds is 10. The summed E-state index contributed by atoms with van der Waals surface area (Å²) in [6.45, 7) is 1.83. The number of carbonyl (C=O) groups is 1. The minimum absolute atomic E-state index is 0.116. The molecule has 1 atom stereocenters. The molecule has 0 saturated heterocycles. The van der Waals surface area contributed by atoms with Crippen molar-refractivity contribution in [2.45, 2.75) is 23.0 Å². The van der Waals surface area contributed by atoms with E-state index in [1.54, 1.807) is 74.7 Å². The molecule has 266 valence electrons.